The normalized spacial score (nSPS) is 15.5. The van der Waals surface area contributed by atoms with Crippen molar-refractivity contribution in [1.82, 2.24) is 9.29 Å². The summed E-state index contributed by atoms with van der Waals surface area (Å²) in [4.78, 5) is 7.30. The van der Waals surface area contributed by atoms with E-state index in [0.717, 1.165) is 33.4 Å². The van der Waals surface area contributed by atoms with E-state index in [1.165, 1.54) is 12.7 Å². The Morgan fingerprint density at radius 3 is 2.23 bits per heavy atom. The van der Waals surface area contributed by atoms with Crippen LogP contribution in [-0.2, 0) is 10.0 Å². The number of para-hydroxylation sites is 1. The largest absolute Gasteiger partial charge is 0.495 e. The summed E-state index contributed by atoms with van der Waals surface area (Å²) in [5.41, 5.74) is 5.27. The van der Waals surface area contributed by atoms with E-state index in [-0.39, 0.29) is 4.90 Å². The third kappa shape index (κ3) is 3.88. The molecule has 2 aromatic carbocycles. The standard InChI is InChI=1S/C24H29N3O3S/c1-16-7-6-8-20-19(4)15-23(25-24(16)20)26-9-11-27(12-10-26)31(28,29)22-14-18(3)17(2)13-21(22)30-5/h6-8,13-15H,9-12H2,1-5H3. The maximum Gasteiger partial charge on any atom is 0.246 e. The third-order valence-corrected chi connectivity index (χ3v) is 8.11. The number of aromatic nitrogens is 1. The Balaban J connectivity index is 1.59. The molecule has 3 aromatic rings. The Labute approximate surface area is 184 Å². The number of sulfonamides is 1. The lowest BCUT2D eigenvalue weighted by atomic mass is 10.1. The highest BCUT2D eigenvalue weighted by molar-refractivity contribution is 7.89. The van der Waals surface area contributed by atoms with Crippen LogP contribution in [0.4, 0.5) is 5.82 Å². The molecule has 1 aliphatic heterocycles. The average molecular weight is 440 g/mol. The van der Waals surface area contributed by atoms with E-state index in [0.29, 0.717) is 31.9 Å². The number of fused-ring (bicyclic) bond motifs is 1. The Hall–Kier alpha value is -2.64. The number of piperazine rings is 1. The van der Waals surface area contributed by atoms with Gasteiger partial charge in [0.2, 0.25) is 10.0 Å². The monoisotopic (exact) mass is 439 g/mol. The molecule has 0 saturated carbocycles. The first kappa shape index (κ1) is 21.6. The minimum absolute atomic E-state index is 0.238. The van der Waals surface area contributed by atoms with Crippen molar-refractivity contribution in [2.24, 2.45) is 0 Å². The summed E-state index contributed by atoms with van der Waals surface area (Å²) in [6.07, 6.45) is 0. The van der Waals surface area contributed by atoms with Crippen molar-refractivity contribution in [2.75, 3.05) is 38.2 Å². The minimum atomic E-state index is -3.64. The molecule has 4 rings (SSSR count). The molecule has 0 unspecified atom stereocenters. The van der Waals surface area contributed by atoms with Gasteiger partial charge in [-0.3, -0.25) is 0 Å². The van der Waals surface area contributed by atoms with Crippen LogP contribution >= 0.6 is 0 Å². The molecule has 0 radical (unpaired) electrons. The van der Waals surface area contributed by atoms with Crippen molar-refractivity contribution in [3.05, 3.63) is 58.7 Å². The molecule has 0 aliphatic carbocycles. The maximum absolute atomic E-state index is 13.4. The fourth-order valence-electron chi connectivity index (χ4n) is 4.13. The molecule has 1 aromatic heterocycles. The van der Waals surface area contributed by atoms with Crippen molar-refractivity contribution in [3.8, 4) is 5.75 Å². The molecule has 2 heterocycles. The quantitative estimate of drug-likeness (QED) is 0.615. The summed E-state index contributed by atoms with van der Waals surface area (Å²) in [7, 11) is -2.13. The molecule has 1 fully saturated rings. The zero-order chi connectivity index (χ0) is 22.3. The summed E-state index contributed by atoms with van der Waals surface area (Å²) < 4.78 is 33.7. The zero-order valence-corrected chi connectivity index (χ0v) is 19.6. The second-order valence-corrected chi connectivity index (χ2v) is 10.2. The second-order valence-electron chi connectivity index (χ2n) is 8.25. The number of hydrogen-bond acceptors (Lipinski definition) is 5. The topological polar surface area (TPSA) is 62.7 Å². The van der Waals surface area contributed by atoms with Crippen LogP contribution < -0.4 is 9.64 Å². The van der Waals surface area contributed by atoms with Crippen LogP contribution in [0.2, 0.25) is 0 Å². The van der Waals surface area contributed by atoms with Crippen LogP contribution in [0.5, 0.6) is 5.75 Å². The predicted molar refractivity (Wildman–Crippen MR) is 125 cm³/mol. The van der Waals surface area contributed by atoms with E-state index in [1.807, 2.05) is 13.8 Å². The van der Waals surface area contributed by atoms with Gasteiger partial charge >= 0.3 is 0 Å². The highest BCUT2D eigenvalue weighted by atomic mass is 32.2. The fraction of sp³-hybridized carbons (Fsp3) is 0.375. The molecular weight excluding hydrogens is 410 g/mol. The number of nitrogens with zero attached hydrogens (tertiary/aromatic N) is 3. The second kappa shape index (κ2) is 8.13. The van der Waals surface area contributed by atoms with Crippen molar-refractivity contribution in [2.45, 2.75) is 32.6 Å². The van der Waals surface area contributed by atoms with Crippen LogP contribution in [0.15, 0.2) is 41.3 Å². The molecule has 164 valence electrons. The zero-order valence-electron chi connectivity index (χ0n) is 18.8. The molecule has 0 atom stereocenters. The molecule has 1 aliphatic rings. The number of hydrogen-bond donors (Lipinski definition) is 0. The summed E-state index contributed by atoms with van der Waals surface area (Å²) in [5.74, 6) is 1.30. The lowest BCUT2D eigenvalue weighted by molar-refractivity contribution is 0.373. The lowest BCUT2D eigenvalue weighted by Gasteiger charge is -2.35. The SMILES string of the molecule is COc1cc(C)c(C)cc1S(=O)(=O)N1CCN(c2cc(C)c3cccc(C)c3n2)CC1. The maximum atomic E-state index is 13.4. The van der Waals surface area contributed by atoms with Gasteiger partial charge < -0.3 is 9.64 Å². The average Bonchev–Trinajstić information content (AvgIpc) is 2.76. The summed E-state index contributed by atoms with van der Waals surface area (Å²) in [6, 6.07) is 11.8. The van der Waals surface area contributed by atoms with E-state index < -0.39 is 10.0 Å². The first-order chi connectivity index (χ1) is 14.7. The molecule has 0 bridgehead atoms. The van der Waals surface area contributed by atoms with Gasteiger partial charge in [0.15, 0.2) is 0 Å². The van der Waals surface area contributed by atoms with Crippen LogP contribution in [0.25, 0.3) is 10.9 Å². The molecule has 0 amide bonds. The summed E-state index contributed by atoms with van der Waals surface area (Å²) >= 11 is 0. The van der Waals surface area contributed by atoms with Crippen LogP contribution in [-0.4, -0.2) is 51.0 Å². The van der Waals surface area contributed by atoms with Crippen LogP contribution in [0.1, 0.15) is 22.3 Å². The smallest absolute Gasteiger partial charge is 0.246 e. The first-order valence-corrected chi connectivity index (χ1v) is 11.9. The highest BCUT2D eigenvalue weighted by Crippen LogP contribution is 2.31. The van der Waals surface area contributed by atoms with Gasteiger partial charge in [0.25, 0.3) is 0 Å². The highest BCUT2D eigenvalue weighted by Gasteiger charge is 2.31. The van der Waals surface area contributed by atoms with Crippen molar-refractivity contribution < 1.29 is 13.2 Å². The minimum Gasteiger partial charge on any atom is -0.495 e. The number of ether oxygens (including phenoxy) is 1. The third-order valence-electron chi connectivity index (χ3n) is 6.19. The van der Waals surface area contributed by atoms with Crippen LogP contribution in [0.3, 0.4) is 0 Å². The van der Waals surface area contributed by atoms with Gasteiger partial charge in [-0.15, -0.1) is 0 Å². The number of rotatable bonds is 4. The van der Waals surface area contributed by atoms with E-state index >= 15 is 0 Å². The molecule has 0 spiro atoms. The number of pyridine rings is 1. The first-order valence-electron chi connectivity index (χ1n) is 10.5. The Morgan fingerprint density at radius 2 is 1.55 bits per heavy atom. The summed E-state index contributed by atoms with van der Waals surface area (Å²) in [6.45, 7) is 10.0. The van der Waals surface area contributed by atoms with Gasteiger partial charge in [-0.25, -0.2) is 13.4 Å². The summed E-state index contributed by atoms with van der Waals surface area (Å²) in [5, 5.41) is 1.16. The molecule has 0 N–H and O–H groups in total. The molecular formula is C24H29N3O3S. The van der Waals surface area contributed by atoms with Gasteiger partial charge in [-0.2, -0.15) is 4.31 Å². The van der Waals surface area contributed by atoms with Gasteiger partial charge in [0, 0.05) is 31.6 Å². The van der Waals surface area contributed by atoms with Gasteiger partial charge in [0.1, 0.15) is 16.5 Å². The molecule has 31 heavy (non-hydrogen) atoms. The Morgan fingerprint density at radius 1 is 0.871 bits per heavy atom. The van der Waals surface area contributed by atoms with Gasteiger partial charge in [0.05, 0.1) is 12.6 Å². The van der Waals surface area contributed by atoms with Crippen molar-refractivity contribution in [3.63, 3.8) is 0 Å². The Kier molecular flexibility index (Phi) is 5.66. The van der Waals surface area contributed by atoms with E-state index in [4.69, 9.17) is 9.72 Å². The van der Waals surface area contributed by atoms with Gasteiger partial charge in [-0.05, 0) is 68.1 Å². The lowest BCUT2D eigenvalue weighted by Crippen LogP contribution is -2.49. The van der Waals surface area contributed by atoms with E-state index in [2.05, 4.69) is 43.0 Å². The van der Waals surface area contributed by atoms with Crippen LogP contribution in [0, 0.1) is 27.7 Å². The number of anilines is 1. The van der Waals surface area contributed by atoms with E-state index in [1.54, 1.807) is 16.4 Å². The number of benzene rings is 2. The number of aryl methyl sites for hydroxylation is 4. The van der Waals surface area contributed by atoms with Crippen molar-refractivity contribution >= 4 is 26.7 Å². The Bertz CT molecular complexity index is 1250. The molecule has 1 saturated heterocycles. The number of methoxy groups -OCH3 is 1. The predicted octanol–water partition coefficient (Wildman–Crippen LogP) is 3.99. The fourth-order valence-corrected chi connectivity index (χ4v) is 5.77. The van der Waals surface area contributed by atoms with Crippen molar-refractivity contribution in [1.29, 1.82) is 0 Å². The van der Waals surface area contributed by atoms with E-state index in [9.17, 15) is 8.42 Å². The molecule has 7 heteroatoms. The van der Waals surface area contributed by atoms with Gasteiger partial charge in [-0.1, -0.05) is 18.2 Å². The molecule has 6 nitrogen and oxygen atoms in total.